The topological polar surface area (TPSA) is 59.3 Å². The lowest BCUT2D eigenvalue weighted by atomic mass is 9.90. The van der Waals surface area contributed by atoms with Gasteiger partial charge in [0.15, 0.2) is 0 Å². The minimum Gasteiger partial charge on any atom is -0.426 e. The van der Waals surface area contributed by atoms with Crippen molar-refractivity contribution in [1.29, 1.82) is 0 Å². The summed E-state index contributed by atoms with van der Waals surface area (Å²) in [5.41, 5.74) is 3.68. The number of hydrogen-bond donors (Lipinski definition) is 1. The third kappa shape index (κ3) is 2.99. The number of benzene rings is 1. The molecule has 0 aliphatic heterocycles. The van der Waals surface area contributed by atoms with Crippen LogP contribution in [0.1, 0.15) is 35.1 Å². The Labute approximate surface area is 129 Å². The van der Waals surface area contributed by atoms with Gasteiger partial charge in [-0.05, 0) is 31.0 Å². The van der Waals surface area contributed by atoms with E-state index >= 15 is 0 Å². The molecular formula is C15H16ClNO3S. The molecule has 1 unspecified atom stereocenters. The van der Waals surface area contributed by atoms with Crippen LogP contribution in [-0.2, 0) is 10.3 Å². The lowest BCUT2D eigenvalue weighted by Gasteiger charge is -2.17. The van der Waals surface area contributed by atoms with Crippen LogP contribution in [-0.4, -0.2) is 18.4 Å². The average Bonchev–Trinajstić information content (AvgIpc) is 2.43. The molecule has 6 heteroatoms. The Morgan fingerprint density at radius 1 is 1.14 bits per heavy atom. The maximum atomic E-state index is 11.4. The zero-order chi connectivity index (χ0) is 15.7. The van der Waals surface area contributed by atoms with Gasteiger partial charge >= 0.3 is 0 Å². The van der Waals surface area contributed by atoms with Crippen molar-refractivity contribution in [3.8, 4) is 0 Å². The molecule has 0 radical (unpaired) electrons. The summed E-state index contributed by atoms with van der Waals surface area (Å²) < 4.78 is 23.2. The van der Waals surface area contributed by atoms with Crippen molar-refractivity contribution in [1.82, 2.24) is 4.73 Å². The summed E-state index contributed by atoms with van der Waals surface area (Å²) in [6, 6.07) is 9.14. The van der Waals surface area contributed by atoms with E-state index in [9.17, 15) is 13.6 Å². The van der Waals surface area contributed by atoms with E-state index in [4.69, 9.17) is 11.6 Å². The molecule has 0 fully saturated rings. The van der Waals surface area contributed by atoms with Gasteiger partial charge < -0.3 is 5.21 Å². The van der Waals surface area contributed by atoms with Crippen LogP contribution in [0.25, 0.3) is 0 Å². The van der Waals surface area contributed by atoms with Crippen LogP contribution in [0.2, 0.25) is 5.15 Å². The van der Waals surface area contributed by atoms with Gasteiger partial charge in [-0.2, -0.15) is 13.1 Å². The first-order valence-electron chi connectivity index (χ1n) is 6.43. The summed E-state index contributed by atoms with van der Waals surface area (Å²) in [6.07, 6.45) is 0. The summed E-state index contributed by atoms with van der Waals surface area (Å²) in [5.74, 6) is -0.187. The molecule has 1 heterocycles. The van der Waals surface area contributed by atoms with Crippen molar-refractivity contribution in [3.63, 3.8) is 0 Å². The van der Waals surface area contributed by atoms with Crippen LogP contribution in [0.5, 0.6) is 0 Å². The highest BCUT2D eigenvalue weighted by Gasteiger charge is 2.16. The fourth-order valence-electron chi connectivity index (χ4n) is 2.41. The highest BCUT2D eigenvalue weighted by Crippen LogP contribution is 2.29. The Morgan fingerprint density at radius 3 is 2.43 bits per heavy atom. The molecule has 2 rings (SSSR count). The maximum absolute atomic E-state index is 11.4. The van der Waals surface area contributed by atoms with Crippen molar-refractivity contribution in [2.75, 3.05) is 0 Å². The number of nitrogens with zero attached hydrogens (tertiary/aromatic N) is 1. The molecule has 1 atom stereocenters. The molecule has 2 aromatic rings. The average molecular weight is 326 g/mol. The predicted octanol–water partition coefficient (Wildman–Crippen LogP) is 3.56. The second-order valence-electron chi connectivity index (χ2n) is 5.04. The normalized spacial score (nSPS) is 12.2. The van der Waals surface area contributed by atoms with Gasteiger partial charge in [-0.3, -0.25) is 0 Å². The Kier molecular flexibility index (Phi) is 4.44. The molecule has 0 saturated carbocycles. The number of pyridine rings is 1. The molecule has 0 bridgehead atoms. The third-order valence-electron chi connectivity index (χ3n) is 3.57. The maximum Gasteiger partial charge on any atom is 0.242 e. The van der Waals surface area contributed by atoms with Crippen LogP contribution in [0, 0.1) is 18.5 Å². The Morgan fingerprint density at radius 2 is 1.81 bits per heavy atom. The van der Waals surface area contributed by atoms with Crippen molar-refractivity contribution in [2.24, 2.45) is 0 Å². The summed E-state index contributed by atoms with van der Waals surface area (Å²) in [5, 5.41) is 9.81. The van der Waals surface area contributed by atoms with Crippen LogP contribution in [0.3, 0.4) is 0 Å². The van der Waals surface area contributed by atoms with Crippen molar-refractivity contribution in [2.45, 2.75) is 26.7 Å². The van der Waals surface area contributed by atoms with Crippen LogP contribution in [0.4, 0.5) is 0 Å². The van der Waals surface area contributed by atoms with Crippen molar-refractivity contribution >= 4 is 21.9 Å². The predicted molar refractivity (Wildman–Crippen MR) is 82.2 cm³/mol. The summed E-state index contributed by atoms with van der Waals surface area (Å²) >= 11 is 5.78. The van der Waals surface area contributed by atoms with E-state index in [0.717, 1.165) is 16.7 Å². The fraction of sp³-hybridized carbons (Fsp3) is 0.267. The van der Waals surface area contributed by atoms with Gasteiger partial charge in [0.1, 0.15) is 5.15 Å². The molecule has 0 spiro atoms. The lowest BCUT2D eigenvalue weighted by Crippen LogP contribution is -2.07. The number of halogens is 1. The molecule has 4 nitrogen and oxygen atoms in total. The van der Waals surface area contributed by atoms with E-state index in [1.54, 1.807) is 6.07 Å². The van der Waals surface area contributed by atoms with E-state index in [1.807, 2.05) is 39.0 Å². The smallest absolute Gasteiger partial charge is 0.242 e. The zero-order valence-corrected chi connectivity index (χ0v) is 13.5. The number of hydrogen-bond acceptors (Lipinski definition) is 3. The van der Waals surface area contributed by atoms with E-state index in [-0.39, 0.29) is 15.7 Å². The van der Waals surface area contributed by atoms with Crippen LogP contribution in [0.15, 0.2) is 30.3 Å². The quantitative estimate of drug-likeness (QED) is 0.522. The Hall–Kier alpha value is -1.72. The van der Waals surface area contributed by atoms with Gasteiger partial charge in [0.25, 0.3) is 0 Å². The van der Waals surface area contributed by atoms with Gasteiger partial charge in [0.2, 0.25) is 14.9 Å². The number of rotatable bonds is 2. The largest absolute Gasteiger partial charge is 0.426 e. The van der Waals surface area contributed by atoms with Crippen LogP contribution < -0.4 is 0 Å². The molecule has 1 aromatic carbocycles. The molecule has 0 aliphatic rings. The van der Waals surface area contributed by atoms with E-state index in [1.165, 1.54) is 6.07 Å². The molecule has 1 aromatic heterocycles. The molecule has 0 saturated heterocycles. The first kappa shape index (κ1) is 15.7. The molecule has 21 heavy (non-hydrogen) atoms. The van der Waals surface area contributed by atoms with Gasteiger partial charge in [0.05, 0.1) is 0 Å². The molecular weight excluding hydrogens is 310 g/mol. The Balaban J connectivity index is 2.77. The Bertz CT molecular complexity index is 861. The minimum atomic E-state index is -2.59. The van der Waals surface area contributed by atoms with Crippen LogP contribution >= 0.6 is 11.6 Å². The summed E-state index contributed by atoms with van der Waals surface area (Å²) in [7, 11) is -2.59. The molecule has 0 amide bonds. The van der Waals surface area contributed by atoms with E-state index in [0.29, 0.717) is 10.3 Å². The minimum absolute atomic E-state index is 0.0499. The van der Waals surface area contributed by atoms with Gasteiger partial charge in [-0.1, -0.05) is 48.4 Å². The number of aromatic nitrogens is 1. The van der Waals surface area contributed by atoms with Gasteiger partial charge in [-0.15, -0.1) is 0 Å². The highest BCUT2D eigenvalue weighted by molar-refractivity contribution is 7.63. The van der Waals surface area contributed by atoms with E-state index in [2.05, 4.69) is 0 Å². The second-order valence-corrected chi connectivity index (χ2v) is 6.29. The molecule has 112 valence electrons. The second kappa shape index (κ2) is 5.95. The third-order valence-corrected chi connectivity index (χ3v) is 4.58. The molecule has 0 aliphatic carbocycles. The lowest BCUT2D eigenvalue weighted by molar-refractivity contribution is 0.179. The summed E-state index contributed by atoms with van der Waals surface area (Å²) in [6.45, 7) is 5.86. The van der Waals surface area contributed by atoms with E-state index < -0.39 is 10.3 Å². The zero-order valence-electron chi connectivity index (χ0n) is 12.0. The monoisotopic (exact) mass is 325 g/mol. The first-order valence-corrected chi connectivity index (χ1v) is 7.88. The SMILES string of the molecule is Cc1ccc(C)c(C(C)c2ccc(Cl)n(O)c2=S(=O)=O)c1. The first-order chi connectivity index (χ1) is 9.82. The highest BCUT2D eigenvalue weighted by atomic mass is 35.5. The number of aryl methyl sites for hydroxylation is 2. The molecule has 1 N–H and O–H groups in total. The standard InChI is InChI=1S/C15H16ClNO3S/c1-9-4-5-10(2)13(8-9)11(3)12-6-7-14(16)17(18)15(12)21(19)20/h4-8,11,18H,1-3H3. The van der Waals surface area contributed by atoms with Crippen molar-refractivity contribution < 1.29 is 13.6 Å². The van der Waals surface area contributed by atoms with Gasteiger partial charge in [-0.25, -0.2) is 0 Å². The van der Waals surface area contributed by atoms with Crippen molar-refractivity contribution in [3.05, 3.63) is 62.4 Å². The van der Waals surface area contributed by atoms with Gasteiger partial charge in [0, 0.05) is 11.5 Å². The fourth-order valence-corrected chi connectivity index (χ4v) is 3.28. The summed E-state index contributed by atoms with van der Waals surface area (Å²) in [4.78, 5) is 0.